The average Bonchev–Trinajstić information content (AvgIpc) is 2.44. The van der Waals surface area contributed by atoms with E-state index in [4.69, 9.17) is 0 Å². The van der Waals surface area contributed by atoms with Crippen molar-refractivity contribution in [3.05, 3.63) is 35.9 Å². The predicted octanol–water partition coefficient (Wildman–Crippen LogP) is 6.52. The monoisotopic (exact) mass is 324 g/mol. The Kier molecular flexibility index (Phi) is 10.2. The van der Waals surface area contributed by atoms with E-state index in [-0.39, 0.29) is 0 Å². The van der Waals surface area contributed by atoms with Crippen molar-refractivity contribution in [2.45, 2.75) is 76.0 Å². The Labute approximate surface area is 128 Å². The molecule has 1 aromatic rings. The summed E-state index contributed by atoms with van der Waals surface area (Å²) in [5, 5.41) is 0. The molecule has 0 fully saturated rings. The van der Waals surface area contributed by atoms with Crippen LogP contribution in [0.5, 0.6) is 0 Å². The molecule has 108 valence electrons. The zero-order chi connectivity index (χ0) is 13.8. The summed E-state index contributed by atoms with van der Waals surface area (Å²) in [6.45, 7) is 2.28. The van der Waals surface area contributed by atoms with Gasteiger partial charge in [0.15, 0.2) is 0 Å². The van der Waals surface area contributed by atoms with Gasteiger partial charge in [-0.05, 0) is 31.2 Å². The standard InChI is InChI=1S/C18H29Br/c1-2-3-4-5-6-10-15-18(19)16-11-14-17-12-8-7-9-13-17/h7-9,12-13,18H,2-6,10-11,14-16H2,1H3. The number of unbranched alkanes of at least 4 members (excludes halogenated alkanes) is 5. The maximum absolute atomic E-state index is 3.83. The van der Waals surface area contributed by atoms with E-state index in [0.717, 1.165) is 4.83 Å². The fourth-order valence-corrected chi connectivity index (χ4v) is 3.11. The maximum Gasteiger partial charge on any atom is 0.0145 e. The molecule has 0 radical (unpaired) electrons. The highest BCUT2D eigenvalue weighted by molar-refractivity contribution is 9.09. The molecular weight excluding hydrogens is 296 g/mol. The molecule has 0 heterocycles. The first-order valence-corrected chi connectivity index (χ1v) is 8.92. The van der Waals surface area contributed by atoms with Crippen LogP contribution < -0.4 is 0 Å². The van der Waals surface area contributed by atoms with E-state index < -0.39 is 0 Å². The Bertz CT molecular complexity index is 294. The lowest BCUT2D eigenvalue weighted by Crippen LogP contribution is -1.99. The first-order valence-electron chi connectivity index (χ1n) is 8.01. The van der Waals surface area contributed by atoms with Crippen LogP contribution in [0.25, 0.3) is 0 Å². The molecule has 0 aliphatic carbocycles. The molecule has 0 saturated heterocycles. The van der Waals surface area contributed by atoms with Gasteiger partial charge < -0.3 is 0 Å². The Balaban J connectivity index is 1.94. The van der Waals surface area contributed by atoms with Crippen LogP contribution in [0, 0.1) is 0 Å². The highest BCUT2D eigenvalue weighted by Gasteiger charge is 2.04. The fourth-order valence-electron chi connectivity index (χ4n) is 2.46. The first-order chi connectivity index (χ1) is 9.33. The Hall–Kier alpha value is -0.300. The second-order valence-corrected chi connectivity index (χ2v) is 6.83. The van der Waals surface area contributed by atoms with E-state index in [1.807, 2.05) is 0 Å². The van der Waals surface area contributed by atoms with Crippen molar-refractivity contribution in [3.8, 4) is 0 Å². The van der Waals surface area contributed by atoms with Crippen molar-refractivity contribution in [3.63, 3.8) is 0 Å². The van der Waals surface area contributed by atoms with Crippen LogP contribution in [0.4, 0.5) is 0 Å². The van der Waals surface area contributed by atoms with Crippen LogP contribution in [-0.4, -0.2) is 4.83 Å². The lowest BCUT2D eigenvalue weighted by atomic mass is 10.0. The zero-order valence-electron chi connectivity index (χ0n) is 12.4. The molecular formula is C18H29Br. The van der Waals surface area contributed by atoms with Gasteiger partial charge in [-0.2, -0.15) is 0 Å². The van der Waals surface area contributed by atoms with Crippen molar-refractivity contribution in [1.82, 2.24) is 0 Å². The zero-order valence-corrected chi connectivity index (χ0v) is 14.0. The van der Waals surface area contributed by atoms with E-state index in [2.05, 4.69) is 53.2 Å². The summed E-state index contributed by atoms with van der Waals surface area (Å²) in [6.07, 6.45) is 13.6. The Morgan fingerprint density at radius 2 is 1.47 bits per heavy atom. The predicted molar refractivity (Wildman–Crippen MR) is 90.1 cm³/mol. The molecule has 0 amide bonds. The lowest BCUT2D eigenvalue weighted by Gasteiger charge is -2.09. The number of benzene rings is 1. The van der Waals surface area contributed by atoms with Crippen LogP contribution in [0.15, 0.2) is 30.3 Å². The van der Waals surface area contributed by atoms with Gasteiger partial charge in [0.2, 0.25) is 0 Å². The number of aryl methyl sites for hydroxylation is 1. The van der Waals surface area contributed by atoms with Crippen molar-refractivity contribution in [2.24, 2.45) is 0 Å². The first kappa shape index (κ1) is 16.8. The number of hydrogen-bond acceptors (Lipinski definition) is 0. The second kappa shape index (κ2) is 11.5. The van der Waals surface area contributed by atoms with E-state index in [1.54, 1.807) is 0 Å². The van der Waals surface area contributed by atoms with Gasteiger partial charge in [0.1, 0.15) is 0 Å². The largest absolute Gasteiger partial charge is 0.0891 e. The number of halogens is 1. The van der Waals surface area contributed by atoms with E-state index >= 15 is 0 Å². The van der Waals surface area contributed by atoms with Gasteiger partial charge in [-0.3, -0.25) is 0 Å². The van der Waals surface area contributed by atoms with E-state index in [9.17, 15) is 0 Å². The smallest absolute Gasteiger partial charge is 0.0145 e. The van der Waals surface area contributed by atoms with Crippen molar-refractivity contribution >= 4 is 15.9 Å². The SMILES string of the molecule is CCCCCCCCC(Br)CCCc1ccccc1. The minimum absolute atomic E-state index is 0.724. The quantitative estimate of drug-likeness (QED) is 0.321. The Morgan fingerprint density at radius 3 is 2.21 bits per heavy atom. The van der Waals surface area contributed by atoms with Gasteiger partial charge >= 0.3 is 0 Å². The molecule has 0 nitrogen and oxygen atoms in total. The van der Waals surface area contributed by atoms with Gasteiger partial charge in [-0.15, -0.1) is 0 Å². The maximum atomic E-state index is 3.83. The van der Waals surface area contributed by atoms with Crippen LogP contribution in [-0.2, 0) is 6.42 Å². The number of rotatable bonds is 11. The molecule has 0 saturated carbocycles. The van der Waals surface area contributed by atoms with E-state index in [1.165, 1.54) is 69.8 Å². The van der Waals surface area contributed by atoms with E-state index in [0.29, 0.717) is 0 Å². The molecule has 1 heteroatoms. The van der Waals surface area contributed by atoms with Crippen LogP contribution in [0.3, 0.4) is 0 Å². The minimum Gasteiger partial charge on any atom is -0.0891 e. The molecule has 1 atom stereocenters. The molecule has 0 aromatic heterocycles. The molecule has 0 bridgehead atoms. The molecule has 0 spiro atoms. The number of alkyl halides is 1. The third-order valence-corrected chi connectivity index (χ3v) is 4.61. The minimum atomic E-state index is 0.724. The van der Waals surface area contributed by atoms with Crippen LogP contribution in [0.1, 0.15) is 70.3 Å². The summed E-state index contributed by atoms with van der Waals surface area (Å²) in [4.78, 5) is 0.724. The lowest BCUT2D eigenvalue weighted by molar-refractivity contribution is 0.567. The fraction of sp³-hybridized carbons (Fsp3) is 0.667. The molecule has 0 aliphatic heterocycles. The van der Waals surface area contributed by atoms with Gasteiger partial charge in [0.05, 0.1) is 0 Å². The highest BCUT2D eigenvalue weighted by Crippen LogP contribution is 2.18. The summed E-state index contributed by atoms with van der Waals surface area (Å²) in [7, 11) is 0. The molecule has 0 aliphatic rings. The van der Waals surface area contributed by atoms with Crippen molar-refractivity contribution < 1.29 is 0 Å². The van der Waals surface area contributed by atoms with Crippen molar-refractivity contribution in [1.29, 1.82) is 0 Å². The topological polar surface area (TPSA) is 0 Å². The van der Waals surface area contributed by atoms with Crippen LogP contribution in [0.2, 0.25) is 0 Å². The highest BCUT2D eigenvalue weighted by atomic mass is 79.9. The molecule has 1 aromatic carbocycles. The molecule has 1 unspecified atom stereocenters. The summed E-state index contributed by atoms with van der Waals surface area (Å²) < 4.78 is 0. The summed E-state index contributed by atoms with van der Waals surface area (Å²) >= 11 is 3.83. The summed E-state index contributed by atoms with van der Waals surface area (Å²) in [5.74, 6) is 0. The summed E-state index contributed by atoms with van der Waals surface area (Å²) in [5.41, 5.74) is 1.47. The molecule has 19 heavy (non-hydrogen) atoms. The molecule has 1 rings (SSSR count). The second-order valence-electron chi connectivity index (χ2n) is 5.53. The van der Waals surface area contributed by atoms with Crippen LogP contribution >= 0.6 is 15.9 Å². The third kappa shape index (κ3) is 9.27. The van der Waals surface area contributed by atoms with Crippen molar-refractivity contribution in [2.75, 3.05) is 0 Å². The third-order valence-electron chi connectivity index (χ3n) is 3.70. The number of hydrogen-bond donors (Lipinski definition) is 0. The van der Waals surface area contributed by atoms with Gasteiger partial charge in [0.25, 0.3) is 0 Å². The molecule has 0 N–H and O–H groups in total. The average molecular weight is 325 g/mol. The van der Waals surface area contributed by atoms with Gasteiger partial charge in [-0.1, -0.05) is 91.7 Å². The van der Waals surface area contributed by atoms with Gasteiger partial charge in [-0.25, -0.2) is 0 Å². The normalized spacial score (nSPS) is 12.5. The van der Waals surface area contributed by atoms with Gasteiger partial charge in [0, 0.05) is 4.83 Å². The summed E-state index contributed by atoms with van der Waals surface area (Å²) in [6, 6.07) is 10.8. The Morgan fingerprint density at radius 1 is 0.842 bits per heavy atom.